The first kappa shape index (κ1) is 18.7. The van der Waals surface area contributed by atoms with E-state index in [1.54, 1.807) is 0 Å². The molecule has 2 N–H and O–H groups in total. The highest BCUT2D eigenvalue weighted by Crippen LogP contribution is 2.28. The Hall–Kier alpha value is -1.62. The third-order valence-corrected chi connectivity index (χ3v) is 4.81. The number of guanidine groups is 1. The van der Waals surface area contributed by atoms with Crippen LogP contribution < -0.4 is 10.6 Å². The van der Waals surface area contributed by atoms with E-state index < -0.39 is 0 Å². The number of hydrogen-bond acceptors (Lipinski definition) is 3. The zero-order valence-electron chi connectivity index (χ0n) is 15.5. The molecule has 0 aromatic carbocycles. The highest BCUT2D eigenvalue weighted by Gasteiger charge is 2.25. The van der Waals surface area contributed by atoms with E-state index in [9.17, 15) is 0 Å². The van der Waals surface area contributed by atoms with Crippen molar-refractivity contribution < 1.29 is 0 Å². The molecule has 0 radical (unpaired) electrons. The van der Waals surface area contributed by atoms with Crippen molar-refractivity contribution in [1.29, 1.82) is 0 Å². The molecule has 0 amide bonds. The average molecular weight is 332 g/mol. The molecule has 2 rings (SSSR count). The summed E-state index contributed by atoms with van der Waals surface area (Å²) in [5.74, 6) is 1.67. The van der Waals surface area contributed by atoms with E-state index >= 15 is 0 Å². The van der Waals surface area contributed by atoms with Crippen LogP contribution in [0.5, 0.6) is 0 Å². The second-order valence-corrected chi connectivity index (χ2v) is 6.83. The van der Waals surface area contributed by atoms with Gasteiger partial charge in [-0.25, -0.2) is 4.99 Å². The van der Waals surface area contributed by atoms with Gasteiger partial charge in [0.2, 0.25) is 0 Å². The lowest BCUT2D eigenvalue weighted by Gasteiger charge is -2.35. The zero-order chi connectivity index (χ0) is 17.2. The second-order valence-electron chi connectivity index (χ2n) is 6.83. The molecule has 1 fully saturated rings. The molecular formula is C19H33N5. The van der Waals surface area contributed by atoms with Crippen molar-refractivity contribution in [1.82, 2.24) is 20.5 Å². The lowest BCUT2D eigenvalue weighted by Crippen LogP contribution is -2.48. The molecule has 0 bridgehead atoms. The Balaban J connectivity index is 1.92. The summed E-state index contributed by atoms with van der Waals surface area (Å²) in [6, 6.07) is 6.51. The number of hydrogen-bond donors (Lipinski definition) is 2. The predicted octanol–water partition coefficient (Wildman–Crippen LogP) is 2.65. The molecule has 0 saturated heterocycles. The van der Waals surface area contributed by atoms with Crippen LogP contribution in [0, 0.1) is 5.92 Å². The van der Waals surface area contributed by atoms with Crippen LogP contribution in [0.25, 0.3) is 0 Å². The number of likely N-dealkylation sites (N-methyl/N-ethyl adjacent to an activating group) is 1. The van der Waals surface area contributed by atoms with Gasteiger partial charge in [-0.3, -0.25) is 4.98 Å². The normalized spacial score (nSPS) is 17.8. The van der Waals surface area contributed by atoms with Gasteiger partial charge < -0.3 is 15.5 Å². The van der Waals surface area contributed by atoms with Gasteiger partial charge in [0.15, 0.2) is 5.96 Å². The van der Waals surface area contributed by atoms with Crippen molar-refractivity contribution >= 4 is 5.96 Å². The number of rotatable bonds is 7. The first-order valence-electron chi connectivity index (χ1n) is 9.29. The summed E-state index contributed by atoms with van der Waals surface area (Å²) in [6.45, 7) is 4.50. The maximum Gasteiger partial charge on any atom is 0.191 e. The largest absolute Gasteiger partial charge is 0.357 e. The summed E-state index contributed by atoms with van der Waals surface area (Å²) in [5.41, 5.74) is 0.992. The summed E-state index contributed by atoms with van der Waals surface area (Å²) in [4.78, 5) is 11.4. The van der Waals surface area contributed by atoms with Crippen molar-refractivity contribution in [2.75, 3.05) is 27.2 Å². The molecule has 0 spiro atoms. The SMILES string of the molecule is CCNC(=NCc1ccccn1)NCC(C1CCCCC1)N(C)C. The third-order valence-electron chi connectivity index (χ3n) is 4.81. The molecule has 1 heterocycles. The number of aliphatic imine (C=N–C) groups is 1. The van der Waals surface area contributed by atoms with Crippen molar-refractivity contribution in [3.05, 3.63) is 30.1 Å². The van der Waals surface area contributed by atoms with E-state index in [2.05, 4.69) is 46.5 Å². The molecule has 1 saturated carbocycles. The Bertz CT molecular complexity index is 480. The van der Waals surface area contributed by atoms with Crippen molar-refractivity contribution in [3.63, 3.8) is 0 Å². The highest BCUT2D eigenvalue weighted by atomic mass is 15.2. The standard InChI is InChI=1S/C19H33N5/c1-4-20-19(22-14-17-12-8-9-13-21-17)23-15-18(24(2)3)16-10-6-5-7-11-16/h8-9,12-13,16,18H,4-7,10-11,14-15H2,1-3H3,(H2,20,22,23). The van der Waals surface area contributed by atoms with Crippen LogP contribution in [-0.2, 0) is 6.54 Å². The van der Waals surface area contributed by atoms with Crippen LogP contribution in [-0.4, -0.2) is 49.1 Å². The fourth-order valence-electron chi connectivity index (χ4n) is 3.48. The highest BCUT2D eigenvalue weighted by molar-refractivity contribution is 5.79. The lowest BCUT2D eigenvalue weighted by atomic mass is 9.83. The topological polar surface area (TPSA) is 52.6 Å². The van der Waals surface area contributed by atoms with E-state index in [4.69, 9.17) is 0 Å². The molecule has 0 aliphatic heterocycles. The van der Waals surface area contributed by atoms with Crippen LogP contribution in [0.4, 0.5) is 0 Å². The summed E-state index contributed by atoms with van der Waals surface area (Å²) < 4.78 is 0. The Morgan fingerprint density at radius 2 is 2.04 bits per heavy atom. The molecule has 5 nitrogen and oxygen atoms in total. The van der Waals surface area contributed by atoms with Gasteiger partial charge in [0.25, 0.3) is 0 Å². The summed E-state index contributed by atoms with van der Waals surface area (Å²) in [5, 5.41) is 6.88. The van der Waals surface area contributed by atoms with E-state index in [1.807, 2.05) is 24.4 Å². The predicted molar refractivity (Wildman–Crippen MR) is 101 cm³/mol. The Morgan fingerprint density at radius 3 is 2.67 bits per heavy atom. The van der Waals surface area contributed by atoms with Crippen molar-refractivity contribution in [2.24, 2.45) is 10.9 Å². The third kappa shape index (κ3) is 6.11. The molecule has 1 atom stereocenters. The van der Waals surface area contributed by atoms with Gasteiger partial charge in [-0.15, -0.1) is 0 Å². The molecule has 1 aliphatic carbocycles. The van der Waals surface area contributed by atoms with E-state index in [-0.39, 0.29) is 0 Å². The molecule has 134 valence electrons. The van der Waals surface area contributed by atoms with Crippen LogP contribution in [0.15, 0.2) is 29.4 Å². The van der Waals surface area contributed by atoms with Crippen LogP contribution in [0.3, 0.4) is 0 Å². The number of aromatic nitrogens is 1. The van der Waals surface area contributed by atoms with Crippen molar-refractivity contribution in [2.45, 2.75) is 51.6 Å². The fraction of sp³-hybridized carbons (Fsp3) is 0.684. The molecular weight excluding hydrogens is 298 g/mol. The van der Waals surface area contributed by atoms with Gasteiger partial charge in [0, 0.05) is 25.3 Å². The number of pyridine rings is 1. The maximum atomic E-state index is 4.67. The monoisotopic (exact) mass is 331 g/mol. The van der Waals surface area contributed by atoms with Gasteiger partial charge >= 0.3 is 0 Å². The van der Waals surface area contributed by atoms with Gasteiger partial charge in [-0.2, -0.15) is 0 Å². The average Bonchev–Trinajstić information content (AvgIpc) is 2.61. The minimum absolute atomic E-state index is 0.559. The van der Waals surface area contributed by atoms with E-state index in [0.717, 1.165) is 30.7 Å². The second kappa shape index (κ2) is 10.3. The first-order chi connectivity index (χ1) is 11.7. The Kier molecular flexibility index (Phi) is 8.02. The van der Waals surface area contributed by atoms with Gasteiger partial charge in [0.05, 0.1) is 12.2 Å². The molecule has 5 heteroatoms. The number of nitrogens with zero attached hydrogens (tertiary/aromatic N) is 3. The smallest absolute Gasteiger partial charge is 0.191 e. The van der Waals surface area contributed by atoms with Gasteiger partial charge in [-0.05, 0) is 51.9 Å². The fourth-order valence-corrected chi connectivity index (χ4v) is 3.48. The Labute approximate surface area is 147 Å². The van der Waals surface area contributed by atoms with E-state index in [0.29, 0.717) is 12.6 Å². The van der Waals surface area contributed by atoms with E-state index in [1.165, 1.54) is 32.1 Å². The van der Waals surface area contributed by atoms with Crippen molar-refractivity contribution in [3.8, 4) is 0 Å². The quantitative estimate of drug-likeness (QED) is 0.596. The summed E-state index contributed by atoms with van der Waals surface area (Å²) in [6.07, 6.45) is 8.68. The maximum absolute atomic E-state index is 4.67. The Morgan fingerprint density at radius 1 is 1.25 bits per heavy atom. The van der Waals surface area contributed by atoms with Crippen LogP contribution >= 0.6 is 0 Å². The van der Waals surface area contributed by atoms with Gasteiger partial charge in [-0.1, -0.05) is 25.3 Å². The molecule has 1 aromatic heterocycles. The molecule has 1 unspecified atom stereocenters. The summed E-state index contributed by atoms with van der Waals surface area (Å²) >= 11 is 0. The van der Waals surface area contributed by atoms with Crippen LogP contribution in [0.1, 0.15) is 44.7 Å². The first-order valence-corrected chi connectivity index (χ1v) is 9.29. The van der Waals surface area contributed by atoms with Crippen LogP contribution in [0.2, 0.25) is 0 Å². The minimum Gasteiger partial charge on any atom is -0.357 e. The van der Waals surface area contributed by atoms with Gasteiger partial charge in [0.1, 0.15) is 0 Å². The molecule has 24 heavy (non-hydrogen) atoms. The minimum atomic E-state index is 0.559. The summed E-state index contributed by atoms with van der Waals surface area (Å²) in [7, 11) is 4.39. The zero-order valence-corrected chi connectivity index (χ0v) is 15.5. The molecule has 1 aromatic rings. The number of nitrogens with one attached hydrogen (secondary N) is 2. The molecule has 1 aliphatic rings. The lowest BCUT2D eigenvalue weighted by molar-refractivity contribution is 0.171.